The Morgan fingerprint density at radius 2 is 2.12 bits per heavy atom. The highest BCUT2D eigenvalue weighted by Crippen LogP contribution is 2.05. The Labute approximate surface area is 96.6 Å². The molecule has 0 fully saturated rings. The van der Waals surface area contributed by atoms with Gasteiger partial charge in [-0.15, -0.1) is 6.58 Å². The number of hydrogen-bond acceptors (Lipinski definition) is 2. The summed E-state index contributed by atoms with van der Waals surface area (Å²) in [6.07, 6.45) is 1.71. The van der Waals surface area contributed by atoms with E-state index in [1.165, 1.54) is 0 Å². The summed E-state index contributed by atoms with van der Waals surface area (Å²) in [6, 6.07) is 9.38. The molecule has 0 spiro atoms. The molecular weight excluding hydrogens is 200 g/mol. The van der Waals surface area contributed by atoms with Crippen molar-refractivity contribution in [3.05, 3.63) is 48.6 Å². The van der Waals surface area contributed by atoms with E-state index in [0.29, 0.717) is 13.1 Å². The molecule has 0 saturated carbocycles. The van der Waals surface area contributed by atoms with Gasteiger partial charge in [-0.2, -0.15) is 0 Å². The van der Waals surface area contributed by atoms with Gasteiger partial charge in [0, 0.05) is 13.1 Å². The van der Waals surface area contributed by atoms with Crippen LogP contribution in [0.4, 0.5) is 0 Å². The maximum atomic E-state index is 11.8. The molecule has 0 aliphatic heterocycles. The van der Waals surface area contributed by atoms with Crippen molar-refractivity contribution in [1.82, 2.24) is 4.90 Å². The average molecular weight is 218 g/mol. The number of nitrogens with zero attached hydrogens (tertiary/aromatic N) is 1. The van der Waals surface area contributed by atoms with Crippen LogP contribution in [-0.2, 0) is 11.3 Å². The molecule has 16 heavy (non-hydrogen) atoms. The molecule has 86 valence electrons. The molecule has 0 heterocycles. The fourth-order valence-electron chi connectivity index (χ4n) is 1.48. The molecule has 1 amide bonds. The Kier molecular flexibility index (Phi) is 4.73. The first-order valence-electron chi connectivity index (χ1n) is 5.34. The largest absolute Gasteiger partial charge is 0.333 e. The number of benzene rings is 1. The minimum atomic E-state index is -0.469. The quantitative estimate of drug-likeness (QED) is 0.762. The highest BCUT2D eigenvalue weighted by molar-refractivity contribution is 5.81. The Balaban J connectivity index is 2.72. The molecule has 0 unspecified atom stereocenters. The molecule has 0 saturated heterocycles. The molecule has 1 aromatic carbocycles. The number of nitrogens with two attached hydrogens (primary N) is 1. The zero-order chi connectivity index (χ0) is 12.0. The van der Waals surface area contributed by atoms with Gasteiger partial charge in [0.15, 0.2) is 0 Å². The molecule has 0 aromatic heterocycles. The second kappa shape index (κ2) is 6.08. The number of carbonyl (C=O) groups excluding carboxylic acids is 1. The van der Waals surface area contributed by atoms with Gasteiger partial charge in [-0.05, 0) is 12.5 Å². The number of hydrogen-bond donors (Lipinski definition) is 1. The molecule has 3 nitrogen and oxygen atoms in total. The molecule has 1 rings (SSSR count). The van der Waals surface area contributed by atoms with Crippen LogP contribution in [0.15, 0.2) is 43.0 Å². The molecule has 0 aliphatic carbocycles. The first-order chi connectivity index (χ1) is 7.65. The Bertz CT molecular complexity index is 346. The lowest BCUT2D eigenvalue weighted by Gasteiger charge is -2.23. The van der Waals surface area contributed by atoms with E-state index < -0.39 is 6.04 Å². The average Bonchev–Trinajstić information content (AvgIpc) is 2.29. The van der Waals surface area contributed by atoms with Crippen LogP contribution in [0.1, 0.15) is 12.5 Å². The Morgan fingerprint density at radius 1 is 1.50 bits per heavy atom. The van der Waals surface area contributed by atoms with Gasteiger partial charge in [0.25, 0.3) is 0 Å². The third kappa shape index (κ3) is 3.51. The molecular formula is C13H18N2O. The van der Waals surface area contributed by atoms with E-state index in [1.54, 1.807) is 17.9 Å². The summed E-state index contributed by atoms with van der Waals surface area (Å²) in [5.41, 5.74) is 6.69. The summed E-state index contributed by atoms with van der Waals surface area (Å²) >= 11 is 0. The van der Waals surface area contributed by atoms with Gasteiger partial charge in [0.1, 0.15) is 0 Å². The molecule has 2 N–H and O–H groups in total. The van der Waals surface area contributed by atoms with Gasteiger partial charge >= 0.3 is 0 Å². The predicted octanol–water partition coefficient (Wildman–Crippen LogP) is 1.55. The number of carbonyl (C=O) groups is 1. The van der Waals surface area contributed by atoms with Crippen molar-refractivity contribution in [1.29, 1.82) is 0 Å². The van der Waals surface area contributed by atoms with Crippen molar-refractivity contribution in [3.63, 3.8) is 0 Å². The summed E-state index contributed by atoms with van der Waals surface area (Å²) in [7, 11) is 0. The standard InChI is InChI=1S/C13H18N2O/c1-3-9-15(13(16)11(2)14)10-12-7-5-4-6-8-12/h3-8,11H,1,9-10,14H2,2H3/t11-/m1/s1. The van der Waals surface area contributed by atoms with Crippen LogP contribution < -0.4 is 5.73 Å². The molecule has 1 atom stereocenters. The first kappa shape index (κ1) is 12.5. The van der Waals surface area contributed by atoms with Crippen LogP contribution in [0.3, 0.4) is 0 Å². The fourth-order valence-corrected chi connectivity index (χ4v) is 1.48. The third-order valence-electron chi connectivity index (χ3n) is 2.27. The summed E-state index contributed by atoms with van der Waals surface area (Å²) in [6.45, 7) is 6.45. The van der Waals surface area contributed by atoms with Crippen molar-refractivity contribution < 1.29 is 4.79 Å². The van der Waals surface area contributed by atoms with Gasteiger partial charge < -0.3 is 10.6 Å². The van der Waals surface area contributed by atoms with Crippen LogP contribution in [0.5, 0.6) is 0 Å². The summed E-state index contributed by atoms with van der Waals surface area (Å²) < 4.78 is 0. The lowest BCUT2D eigenvalue weighted by atomic mass is 10.2. The Morgan fingerprint density at radius 3 is 2.62 bits per heavy atom. The van der Waals surface area contributed by atoms with E-state index in [0.717, 1.165) is 5.56 Å². The second-order valence-electron chi connectivity index (χ2n) is 3.78. The van der Waals surface area contributed by atoms with Crippen molar-refractivity contribution in [2.24, 2.45) is 5.73 Å². The van der Waals surface area contributed by atoms with Crippen LogP contribution in [0.25, 0.3) is 0 Å². The van der Waals surface area contributed by atoms with Gasteiger partial charge in [-0.3, -0.25) is 4.79 Å². The number of rotatable bonds is 5. The first-order valence-corrected chi connectivity index (χ1v) is 5.34. The van der Waals surface area contributed by atoms with E-state index in [4.69, 9.17) is 5.73 Å². The lowest BCUT2D eigenvalue weighted by molar-refractivity contribution is -0.132. The molecule has 1 aromatic rings. The second-order valence-corrected chi connectivity index (χ2v) is 3.78. The summed E-state index contributed by atoms with van der Waals surface area (Å²) in [5.74, 6) is -0.0521. The molecule has 3 heteroatoms. The zero-order valence-electron chi connectivity index (χ0n) is 9.60. The van der Waals surface area contributed by atoms with Crippen molar-refractivity contribution in [2.75, 3.05) is 6.54 Å². The smallest absolute Gasteiger partial charge is 0.239 e. The Hall–Kier alpha value is -1.61. The summed E-state index contributed by atoms with van der Waals surface area (Å²) in [5, 5.41) is 0. The van der Waals surface area contributed by atoms with Gasteiger partial charge in [-0.25, -0.2) is 0 Å². The van der Waals surface area contributed by atoms with E-state index in [9.17, 15) is 4.79 Å². The van der Waals surface area contributed by atoms with Gasteiger partial charge in [0.05, 0.1) is 6.04 Å². The van der Waals surface area contributed by atoms with Crippen molar-refractivity contribution in [3.8, 4) is 0 Å². The summed E-state index contributed by atoms with van der Waals surface area (Å²) in [4.78, 5) is 13.5. The predicted molar refractivity (Wildman–Crippen MR) is 65.7 cm³/mol. The normalized spacial score (nSPS) is 11.9. The van der Waals surface area contributed by atoms with Gasteiger partial charge in [-0.1, -0.05) is 36.4 Å². The highest BCUT2D eigenvalue weighted by atomic mass is 16.2. The molecule has 0 bridgehead atoms. The van der Waals surface area contributed by atoms with Crippen molar-refractivity contribution >= 4 is 5.91 Å². The SMILES string of the molecule is C=CCN(Cc1ccccc1)C(=O)[C@@H](C)N. The van der Waals surface area contributed by atoms with E-state index in [1.807, 2.05) is 30.3 Å². The third-order valence-corrected chi connectivity index (χ3v) is 2.27. The van der Waals surface area contributed by atoms with Crippen molar-refractivity contribution in [2.45, 2.75) is 19.5 Å². The molecule has 0 aliphatic rings. The fraction of sp³-hybridized carbons (Fsp3) is 0.308. The minimum Gasteiger partial charge on any atom is -0.333 e. The molecule has 0 radical (unpaired) electrons. The highest BCUT2D eigenvalue weighted by Gasteiger charge is 2.16. The minimum absolute atomic E-state index is 0.0521. The number of amides is 1. The van der Waals surface area contributed by atoms with Crippen LogP contribution >= 0.6 is 0 Å². The van der Waals surface area contributed by atoms with Gasteiger partial charge in [0.2, 0.25) is 5.91 Å². The van der Waals surface area contributed by atoms with Crippen LogP contribution in [0.2, 0.25) is 0 Å². The van der Waals surface area contributed by atoms with E-state index >= 15 is 0 Å². The monoisotopic (exact) mass is 218 g/mol. The zero-order valence-corrected chi connectivity index (χ0v) is 9.60. The lowest BCUT2D eigenvalue weighted by Crippen LogP contribution is -2.41. The van der Waals surface area contributed by atoms with Crippen LogP contribution in [-0.4, -0.2) is 23.4 Å². The van der Waals surface area contributed by atoms with E-state index in [-0.39, 0.29) is 5.91 Å². The maximum Gasteiger partial charge on any atom is 0.239 e. The van der Waals surface area contributed by atoms with Crippen LogP contribution in [0, 0.1) is 0 Å². The van der Waals surface area contributed by atoms with E-state index in [2.05, 4.69) is 6.58 Å². The maximum absolute atomic E-state index is 11.8. The topological polar surface area (TPSA) is 46.3 Å².